The summed E-state index contributed by atoms with van der Waals surface area (Å²) in [6.07, 6.45) is 0.523. The number of carbonyl (C=O) groups is 2. The van der Waals surface area contributed by atoms with Gasteiger partial charge in [0, 0.05) is 24.0 Å². The Kier molecular flexibility index (Phi) is 4.80. The fraction of sp³-hybridized carbons (Fsp3) is 0.400. The van der Waals surface area contributed by atoms with Crippen molar-refractivity contribution in [2.45, 2.75) is 39.5 Å². The van der Waals surface area contributed by atoms with Gasteiger partial charge < -0.3 is 15.2 Å². The zero-order chi connectivity index (χ0) is 19.9. The highest BCUT2D eigenvalue weighted by Crippen LogP contribution is 2.49. The number of esters is 1. The van der Waals surface area contributed by atoms with Crippen molar-refractivity contribution in [1.82, 2.24) is 0 Å². The largest absolute Gasteiger partial charge is 0.462 e. The van der Waals surface area contributed by atoms with E-state index < -0.39 is 34.5 Å². The van der Waals surface area contributed by atoms with Crippen LogP contribution in [0, 0.1) is 17.0 Å². The molecule has 3 rings (SSSR count). The molecule has 0 saturated heterocycles. The molecular formula is C20H21F2NO4. The third kappa shape index (κ3) is 3.34. The van der Waals surface area contributed by atoms with Crippen molar-refractivity contribution in [1.29, 1.82) is 0 Å². The van der Waals surface area contributed by atoms with Gasteiger partial charge in [-0.25, -0.2) is 13.6 Å². The van der Waals surface area contributed by atoms with Crippen LogP contribution in [0.4, 0.5) is 8.78 Å². The average molecular weight is 377 g/mol. The molecule has 1 heterocycles. The lowest BCUT2D eigenvalue weighted by atomic mass is 9.70. The van der Waals surface area contributed by atoms with Crippen LogP contribution < -0.4 is 5.73 Å². The molecular weight excluding hydrogens is 356 g/mol. The molecule has 0 spiro atoms. The summed E-state index contributed by atoms with van der Waals surface area (Å²) in [6, 6.07) is 3.36. The third-order valence-corrected chi connectivity index (χ3v) is 4.74. The number of hydrogen-bond acceptors (Lipinski definition) is 5. The number of rotatable bonds is 3. The summed E-state index contributed by atoms with van der Waals surface area (Å²) in [4.78, 5) is 25.4. The predicted octanol–water partition coefficient (Wildman–Crippen LogP) is 3.46. The van der Waals surface area contributed by atoms with Crippen molar-refractivity contribution in [3.8, 4) is 0 Å². The van der Waals surface area contributed by atoms with Crippen molar-refractivity contribution >= 4 is 11.8 Å². The van der Waals surface area contributed by atoms with E-state index in [4.69, 9.17) is 15.2 Å². The number of allylic oxidation sites excluding steroid dienone is 2. The number of ether oxygens (including phenoxy) is 2. The second-order valence-corrected chi connectivity index (χ2v) is 7.45. The number of carbonyl (C=O) groups excluding carboxylic acids is 2. The van der Waals surface area contributed by atoms with E-state index >= 15 is 0 Å². The van der Waals surface area contributed by atoms with Gasteiger partial charge in [0.05, 0.1) is 12.5 Å². The zero-order valence-corrected chi connectivity index (χ0v) is 15.4. The Balaban J connectivity index is 2.26. The maximum Gasteiger partial charge on any atom is 0.340 e. The molecule has 0 fully saturated rings. The molecule has 0 bridgehead atoms. The minimum atomic E-state index is -1.31. The van der Waals surface area contributed by atoms with Gasteiger partial charge >= 0.3 is 5.97 Å². The summed E-state index contributed by atoms with van der Waals surface area (Å²) in [6.45, 7) is 5.40. The van der Waals surface area contributed by atoms with Gasteiger partial charge in [-0.2, -0.15) is 0 Å². The first kappa shape index (κ1) is 19.1. The summed E-state index contributed by atoms with van der Waals surface area (Å²) in [5, 5.41) is 0. The molecule has 0 aromatic heterocycles. The number of Topliss-reactive ketones (excluding diaryl/α,β-unsaturated/α-hetero) is 1. The van der Waals surface area contributed by atoms with Crippen LogP contribution in [0.5, 0.6) is 0 Å². The fourth-order valence-corrected chi connectivity index (χ4v) is 3.67. The van der Waals surface area contributed by atoms with Crippen LogP contribution in [0.2, 0.25) is 0 Å². The van der Waals surface area contributed by atoms with E-state index in [1.807, 2.05) is 13.8 Å². The Labute approximate surface area is 155 Å². The van der Waals surface area contributed by atoms with Crippen LogP contribution in [0.25, 0.3) is 0 Å². The smallest absolute Gasteiger partial charge is 0.340 e. The van der Waals surface area contributed by atoms with Crippen LogP contribution in [0.15, 0.2) is 41.0 Å². The fourth-order valence-electron chi connectivity index (χ4n) is 3.67. The van der Waals surface area contributed by atoms with Gasteiger partial charge in [0.1, 0.15) is 23.0 Å². The molecule has 2 N–H and O–H groups in total. The second kappa shape index (κ2) is 6.79. The molecule has 0 amide bonds. The van der Waals surface area contributed by atoms with Crippen molar-refractivity contribution in [3.63, 3.8) is 0 Å². The van der Waals surface area contributed by atoms with Gasteiger partial charge in [-0.3, -0.25) is 4.79 Å². The molecule has 2 aliphatic rings. The summed E-state index contributed by atoms with van der Waals surface area (Å²) in [5.74, 6) is -4.31. The number of ketones is 1. The first-order valence-corrected chi connectivity index (χ1v) is 8.71. The molecule has 7 heteroatoms. The van der Waals surface area contributed by atoms with E-state index in [1.54, 1.807) is 6.92 Å². The molecule has 1 aromatic carbocycles. The normalized spacial score (nSPS) is 21.7. The Bertz CT molecular complexity index is 866. The summed E-state index contributed by atoms with van der Waals surface area (Å²) >= 11 is 0. The molecule has 1 aliphatic carbocycles. The lowest BCUT2D eigenvalue weighted by Gasteiger charge is -2.38. The number of nitrogens with two attached hydrogens (primary N) is 1. The molecule has 1 atom stereocenters. The second-order valence-electron chi connectivity index (χ2n) is 7.45. The Hall–Kier alpha value is -2.70. The van der Waals surface area contributed by atoms with Crippen molar-refractivity contribution in [2.24, 2.45) is 11.1 Å². The highest BCUT2D eigenvalue weighted by molar-refractivity contribution is 6.03. The molecule has 1 aromatic rings. The molecule has 144 valence electrons. The predicted molar refractivity (Wildman–Crippen MR) is 93.1 cm³/mol. The summed E-state index contributed by atoms with van der Waals surface area (Å²) in [5.41, 5.74) is 4.95. The molecule has 1 aliphatic heterocycles. The molecule has 0 unspecified atom stereocenters. The van der Waals surface area contributed by atoms with Gasteiger partial charge in [0.25, 0.3) is 0 Å². The van der Waals surface area contributed by atoms with Crippen molar-refractivity contribution in [2.75, 3.05) is 6.61 Å². The Morgan fingerprint density at radius 1 is 1.30 bits per heavy atom. The highest BCUT2D eigenvalue weighted by Gasteiger charge is 2.46. The van der Waals surface area contributed by atoms with Crippen LogP contribution in [0.1, 0.15) is 45.1 Å². The molecule has 0 saturated carbocycles. The summed E-state index contributed by atoms with van der Waals surface area (Å²) < 4.78 is 39.8. The highest BCUT2D eigenvalue weighted by atomic mass is 19.1. The topological polar surface area (TPSA) is 78.6 Å². The minimum Gasteiger partial charge on any atom is -0.462 e. The van der Waals surface area contributed by atoms with Crippen LogP contribution in [0.3, 0.4) is 0 Å². The minimum absolute atomic E-state index is 0.0367. The third-order valence-electron chi connectivity index (χ3n) is 4.74. The van der Waals surface area contributed by atoms with Crippen LogP contribution in [-0.2, 0) is 19.1 Å². The number of halogens is 2. The average Bonchev–Trinajstić information content (AvgIpc) is 2.52. The van der Waals surface area contributed by atoms with Crippen LogP contribution in [-0.4, -0.2) is 18.4 Å². The van der Waals surface area contributed by atoms with Crippen LogP contribution >= 0.6 is 0 Å². The van der Waals surface area contributed by atoms with E-state index in [1.165, 1.54) is 6.07 Å². The van der Waals surface area contributed by atoms with Gasteiger partial charge in [0.2, 0.25) is 5.88 Å². The number of hydrogen-bond donors (Lipinski definition) is 1. The van der Waals surface area contributed by atoms with Gasteiger partial charge in [0.15, 0.2) is 5.78 Å². The van der Waals surface area contributed by atoms with Gasteiger partial charge in [-0.05, 0) is 24.5 Å². The van der Waals surface area contributed by atoms with E-state index in [0.717, 1.165) is 12.1 Å². The van der Waals surface area contributed by atoms with E-state index in [9.17, 15) is 18.4 Å². The molecule has 27 heavy (non-hydrogen) atoms. The van der Waals surface area contributed by atoms with E-state index in [-0.39, 0.29) is 41.6 Å². The number of benzene rings is 1. The first-order valence-electron chi connectivity index (χ1n) is 8.71. The van der Waals surface area contributed by atoms with Crippen molar-refractivity contribution < 1.29 is 27.8 Å². The lowest BCUT2D eigenvalue weighted by Crippen LogP contribution is -2.36. The van der Waals surface area contributed by atoms with Gasteiger partial charge in [-0.1, -0.05) is 19.9 Å². The monoisotopic (exact) mass is 377 g/mol. The SMILES string of the molecule is CCOC(=O)C1=C(N)OC2=C(C(=O)CC(C)(C)C2)[C@H]1c1c(F)cccc1F. The zero-order valence-electron chi connectivity index (χ0n) is 15.4. The molecule has 0 radical (unpaired) electrons. The molecule has 5 nitrogen and oxygen atoms in total. The standard InChI is InChI=1S/C20H21F2NO4/c1-4-26-19(25)17-16(14-10(21)6-5-7-11(14)22)15-12(24)8-20(2,3)9-13(15)27-18(17)23/h5-7,16H,4,8-9,23H2,1-3H3/t16-/m1/s1. The Morgan fingerprint density at radius 2 is 1.93 bits per heavy atom. The van der Waals surface area contributed by atoms with E-state index in [2.05, 4.69) is 0 Å². The maximum absolute atomic E-state index is 14.6. The lowest BCUT2D eigenvalue weighted by molar-refractivity contribution is -0.139. The van der Waals surface area contributed by atoms with E-state index in [0.29, 0.717) is 6.42 Å². The summed E-state index contributed by atoms with van der Waals surface area (Å²) in [7, 11) is 0. The maximum atomic E-state index is 14.6. The van der Waals surface area contributed by atoms with Gasteiger partial charge in [-0.15, -0.1) is 0 Å². The first-order chi connectivity index (χ1) is 12.7. The van der Waals surface area contributed by atoms with Crippen molar-refractivity contribution in [3.05, 3.63) is 58.2 Å². The Morgan fingerprint density at radius 3 is 2.52 bits per heavy atom. The quantitative estimate of drug-likeness (QED) is 0.816.